The van der Waals surface area contributed by atoms with E-state index in [9.17, 15) is 14.4 Å². The largest absolute Gasteiger partial charge is 0.481 e. The van der Waals surface area contributed by atoms with Gasteiger partial charge in [-0.2, -0.15) is 0 Å². The van der Waals surface area contributed by atoms with E-state index >= 15 is 0 Å². The van der Waals surface area contributed by atoms with Crippen molar-refractivity contribution in [2.45, 2.75) is 31.4 Å². The zero-order valence-electron chi connectivity index (χ0n) is 14.4. The van der Waals surface area contributed by atoms with E-state index < -0.39 is 18.2 Å². The van der Waals surface area contributed by atoms with Crippen LogP contribution in [0.2, 0.25) is 0 Å². The van der Waals surface area contributed by atoms with Gasteiger partial charge in [-0.1, -0.05) is 24.3 Å². The molecule has 2 atom stereocenters. The van der Waals surface area contributed by atoms with Gasteiger partial charge in [-0.05, 0) is 5.56 Å². The second-order valence-electron chi connectivity index (χ2n) is 6.10. The van der Waals surface area contributed by atoms with Crippen LogP contribution in [-0.2, 0) is 14.3 Å². The second kappa shape index (κ2) is 8.32. The number of nitrogens with zero attached hydrogens (tertiary/aromatic N) is 1. The molecular formula is C17H22N4O5. The van der Waals surface area contributed by atoms with Crippen molar-refractivity contribution >= 4 is 23.8 Å². The van der Waals surface area contributed by atoms with Gasteiger partial charge in [0, 0.05) is 25.6 Å². The molecule has 1 aliphatic rings. The van der Waals surface area contributed by atoms with Gasteiger partial charge in [-0.3, -0.25) is 15.0 Å². The zero-order chi connectivity index (χ0) is 19.3. The summed E-state index contributed by atoms with van der Waals surface area (Å²) in [6, 6.07) is 6.73. The Morgan fingerprint density at radius 1 is 1.38 bits per heavy atom. The number of carboxylic acid groups (broad SMARTS) is 1. The summed E-state index contributed by atoms with van der Waals surface area (Å²) in [5.41, 5.74) is 6.88. The number of carboxylic acids is 1. The number of rotatable bonds is 7. The minimum atomic E-state index is -0.995. The Hall–Kier alpha value is -3.10. The third kappa shape index (κ3) is 4.95. The molecule has 0 saturated carbocycles. The van der Waals surface area contributed by atoms with E-state index in [1.54, 1.807) is 31.3 Å². The third-order valence-electron chi connectivity index (χ3n) is 4.19. The Labute approximate surface area is 150 Å². The number of nitrogens with two attached hydrogens (primary N) is 1. The number of nitrogen functional groups attached to an aromatic ring is 1. The van der Waals surface area contributed by atoms with Crippen LogP contribution in [0.25, 0.3) is 0 Å². The van der Waals surface area contributed by atoms with Gasteiger partial charge in [0.15, 0.2) is 0 Å². The van der Waals surface area contributed by atoms with Crippen molar-refractivity contribution in [2.75, 3.05) is 13.6 Å². The first-order valence-electron chi connectivity index (χ1n) is 8.14. The molecule has 1 aliphatic heterocycles. The molecule has 0 unspecified atom stereocenters. The van der Waals surface area contributed by atoms with Crippen molar-refractivity contribution in [2.24, 2.45) is 5.73 Å². The molecule has 0 radical (unpaired) electrons. The summed E-state index contributed by atoms with van der Waals surface area (Å²) in [5, 5.41) is 18.5. The van der Waals surface area contributed by atoms with Gasteiger partial charge >= 0.3 is 12.1 Å². The summed E-state index contributed by atoms with van der Waals surface area (Å²) in [7, 11) is 1.62. The highest BCUT2D eigenvalue weighted by atomic mass is 16.6. The van der Waals surface area contributed by atoms with Crippen molar-refractivity contribution < 1.29 is 24.2 Å². The minimum absolute atomic E-state index is 0.0266. The van der Waals surface area contributed by atoms with E-state index in [-0.39, 0.29) is 37.2 Å². The Kier molecular flexibility index (Phi) is 6.16. The molecule has 1 saturated heterocycles. The molecule has 5 N–H and O–H groups in total. The van der Waals surface area contributed by atoms with Gasteiger partial charge in [-0.25, -0.2) is 4.79 Å². The molecule has 0 spiro atoms. The van der Waals surface area contributed by atoms with Crippen molar-refractivity contribution in [1.29, 1.82) is 5.41 Å². The van der Waals surface area contributed by atoms with Crippen LogP contribution in [0.1, 0.15) is 36.4 Å². The zero-order valence-corrected chi connectivity index (χ0v) is 14.4. The summed E-state index contributed by atoms with van der Waals surface area (Å²) < 4.78 is 5.27. The highest BCUT2D eigenvalue weighted by Gasteiger charge is 2.34. The van der Waals surface area contributed by atoms with Crippen molar-refractivity contribution in [1.82, 2.24) is 10.2 Å². The Morgan fingerprint density at radius 2 is 2.04 bits per heavy atom. The first kappa shape index (κ1) is 19.2. The number of carbonyl (C=O) groups is 3. The molecule has 140 valence electrons. The number of amidine groups is 1. The normalized spacial score (nSPS) is 19.6. The smallest absolute Gasteiger partial charge is 0.410 e. The number of hydrogen-bond acceptors (Lipinski definition) is 5. The summed E-state index contributed by atoms with van der Waals surface area (Å²) in [6.07, 6.45) is -0.888. The van der Waals surface area contributed by atoms with Crippen molar-refractivity contribution in [3.8, 4) is 0 Å². The third-order valence-corrected chi connectivity index (χ3v) is 4.19. The average Bonchev–Trinajstić information content (AvgIpc) is 2.57. The fourth-order valence-electron chi connectivity index (χ4n) is 2.77. The lowest BCUT2D eigenvalue weighted by molar-refractivity contribution is -0.136. The van der Waals surface area contributed by atoms with Crippen molar-refractivity contribution in [3.63, 3.8) is 0 Å². The highest BCUT2D eigenvalue weighted by Crippen LogP contribution is 2.31. The summed E-state index contributed by atoms with van der Waals surface area (Å²) in [6.45, 7) is 0.0324. The molecule has 1 aromatic carbocycles. The predicted octanol–water partition coefficient (Wildman–Crippen LogP) is 0.833. The van der Waals surface area contributed by atoms with E-state index in [4.69, 9.17) is 21.0 Å². The summed E-state index contributed by atoms with van der Waals surface area (Å²) >= 11 is 0. The summed E-state index contributed by atoms with van der Waals surface area (Å²) in [5.74, 6) is -1.40. The van der Waals surface area contributed by atoms with E-state index in [1.165, 1.54) is 4.90 Å². The molecule has 2 rings (SSSR count). The molecule has 9 nitrogen and oxygen atoms in total. The van der Waals surface area contributed by atoms with Gasteiger partial charge in [-0.15, -0.1) is 0 Å². The van der Waals surface area contributed by atoms with E-state index in [2.05, 4.69) is 5.32 Å². The second-order valence-corrected chi connectivity index (χ2v) is 6.10. The number of carbonyl (C=O) groups excluding carboxylic acids is 2. The molecule has 0 aromatic heterocycles. The van der Waals surface area contributed by atoms with Crippen LogP contribution in [0.4, 0.5) is 4.79 Å². The predicted molar refractivity (Wildman–Crippen MR) is 92.7 cm³/mol. The van der Waals surface area contributed by atoms with Crippen LogP contribution < -0.4 is 11.1 Å². The number of ether oxygens (including phenoxy) is 1. The number of benzene rings is 1. The van der Waals surface area contributed by atoms with Gasteiger partial charge in [0.25, 0.3) is 0 Å². The number of hydrogen-bond donors (Lipinski definition) is 4. The maximum absolute atomic E-state index is 12.1. The fourth-order valence-corrected chi connectivity index (χ4v) is 2.77. The molecule has 9 heteroatoms. The number of nitrogens with one attached hydrogen (secondary N) is 2. The first-order chi connectivity index (χ1) is 12.3. The molecule has 2 amide bonds. The first-order valence-corrected chi connectivity index (χ1v) is 8.14. The van der Waals surface area contributed by atoms with Gasteiger partial charge in [0.1, 0.15) is 11.9 Å². The standard InChI is InChI=1S/C17H22N4O5/c1-21-13(10-2-4-11(5-3-10)16(18)19)8-12(26-17(21)25)9-14(22)20-7-6-15(23)24/h2-5,12-13H,6-9H2,1H3,(H3,18,19)(H,20,22)(H,23,24)/t12-,13+/m0/s1. The molecule has 1 aromatic rings. The van der Waals surface area contributed by atoms with Crippen LogP contribution in [0.3, 0.4) is 0 Å². The van der Waals surface area contributed by atoms with Gasteiger partial charge < -0.3 is 25.8 Å². The molecule has 0 bridgehead atoms. The molecule has 26 heavy (non-hydrogen) atoms. The van der Waals surface area contributed by atoms with E-state index in [1.807, 2.05) is 0 Å². The number of aliphatic carboxylic acids is 1. The highest BCUT2D eigenvalue weighted by molar-refractivity contribution is 5.94. The van der Waals surface area contributed by atoms with Crippen LogP contribution in [0.5, 0.6) is 0 Å². The quantitative estimate of drug-likeness (QED) is 0.417. The van der Waals surface area contributed by atoms with Gasteiger partial charge in [0.2, 0.25) is 5.91 Å². The Balaban J connectivity index is 2.01. The molecular weight excluding hydrogens is 340 g/mol. The van der Waals surface area contributed by atoms with Gasteiger partial charge in [0.05, 0.1) is 18.9 Å². The lowest BCUT2D eigenvalue weighted by Gasteiger charge is -2.36. The minimum Gasteiger partial charge on any atom is -0.481 e. The van der Waals surface area contributed by atoms with Crippen molar-refractivity contribution in [3.05, 3.63) is 35.4 Å². The Bertz CT molecular complexity index is 704. The maximum Gasteiger partial charge on any atom is 0.410 e. The Morgan fingerprint density at radius 3 is 2.62 bits per heavy atom. The summed E-state index contributed by atoms with van der Waals surface area (Å²) in [4.78, 5) is 35.9. The van der Waals surface area contributed by atoms with Crippen LogP contribution in [0.15, 0.2) is 24.3 Å². The number of cyclic esters (lactones) is 1. The molecule has 1 heterocycles. The molecule has 0 aliphatic carbocycles. The molecule has 1 fully saturated rings. The van der Waals surface area contributed by atoms with E-state index in [0.29, 0.717) is 12.0 Å². The maximum atomic E-state index is 12.1. The topological polar surface area (TPSA) is 146 Å². The fraction of sp³-hybridized carbons (Fsp3) is 0.412. The lowest BCUT2D eigenvalue weighted by atomic mass is 9.95. The van der Waals surface area contributed by atoms with Crippen LogP contribution in [0, 0.1) is 5.41 Å². The average molecular weight is 362 g/mol. The van der Waals surface area contributed by atoms with Crippen LogP contribution in [-0.4, -0.2) is 53.5 Å². The SMILES string of the molecule is CN1C(=O)O[C@H](CC(=O)NCCC(=O)O)C[C@@H]1c1ccc(C(=N)N)cc1. The number of amides is 2. The monoisotopic (exact) mass is 362 g/mol. The van der Waals surface area contributed by atoms with E-state index in [0.717, 1.165) is 5.56 Å². The van der Waals surface area contributed by atoms with Crippen LogP contribution >= 0.6 is 0 Å². The lowest BCUT2D eigenvalue weighted by Crippen LogP contribution is -2.43.